The Labute approximate surface area is 178 Å². The molecule has 1 amide bonds. The summed E-state index contributed by atoms with van der Waals surface area (Å²) in [5.74, 6) is 0.837. The number of hydrogen-bond acceptors (Lipinski definition) is 4. The van der Waals surface area contributed by atoms with Crippen molar-refractivity contribution < 1.29 is 13.6 Å². The molecule has 4 aliphatic rings. The zero-order valence-corrected chi connectivity index (χ0v) is 17.8. The van der Waals surface area contributed by atoms with Crippen molar-refractivity contribution >= 4 is 11.9 Å². The molecular formula is C22H37F2N5O. The predicted octanol–water partition coefficient (Wildman–Crippen LogP) is 3.24. The molecular weight excluding hydrogens is 388 g/mol. The lowest BCUT2D eigenvalue weighted by molar-refractivity contribution is -0.124. The maximum atomic E-state index is 13.5. The highest BCUT2D eigenvalue weighted by Crippen LogP contribution is 2.31. The quantitative estimate of drug-likeness (QED) is 0.412. The van der Waals surface area contributed by atoms with Crippen LogP contribution in [0.4, 0.5) is 8.78 Å². The SMILES string of the molecule is O=C(N/C(=N\C1CC(C2CCC(F)CC2)NN1)NC1CCCC1)C1CCC(F)CC1. The van der Waals surface area contributed by atoms with Crippen LogP contribution in [0.15, 0.2) is 4.99 Å². The molecule has 0 aromatic rings. The van der Waals surface area contributed by atoms with Crippen LogP contribution >= 0.6 is 0 Å². The van der Waals surface area contributed by atoms with E-state index in [2.05, 4.69) is 21.5 Å². The molecule has 4 N–H and O–H groups in total. The van der Waals surface area contributed by atoms with Crippen molar-refractivity contribution in [2.75, 3.05) is 0 Å². The highest BCUT2D eigenvalue weighted by Gasteiger charge is 2.34. The molecule has 1 aliphatic heterocycles. The largest absolute Gasteiger partial charge is 0.353 e. The van der Waals surface area contributed by atoms with E-state index in [0.29, 0.717) is 56.4 Å². The van der Waals surface area contributed by atoms with Crippen molar-refractivity contribution in [2.45, 2.75) is 114 Å². The summed E-state index contributed by atoms with van der Waals surface area (Å²) in [5.41, 5.74) is 6.61. The number of hydrazine groups is 1. The minimum atomic E-state index is -0.767. The molecule has 4 rings (SSSR count). The number of nitrogens with zero attached hydrogens (tertiary/aromatic N) is 1. The highest BCUT2D eigenvalue weighted by molar-refractivity contribution is 5.98. The van der Waals surface area contributed by atoms with Crippen molar-refractivity contribution in [3.05, 3.63) is 0 Å². The van der Waals surface area contributed by atoms with E-state index in [4.69, 9.17) is 4.99 Å². The summed E-state index contributed by atoms with van der Waals surface area (Å²) in [4.78, 5) is 17.6. The Morgan fingerprint density at radius 2 is 1.47 bits per heavy atom. The van der Waals surface area contributed by atoms with Crippen LogP contribution in [0.5, 0.6) is 0 Å². The third-order valence-corrected chi connectivity index (χ3v) is 7.43. The lowest BCUT2D eigenvalue weighted by Crippen LogP contribution is -2.48. The standard InChI is InChI=1S/C22H37F2N5O/c23-16-9-5-14(6-10-16)19-13-20(29-28-19)26-22(25-18-3-1-2-4-18)27-21(30)15-7-11-17(24)12-8-15/h14-20,28-29H,1-13H2,(H2,25,26,27,30). The zero-order chi connectivity index (χ0) is 20.9. The number of nitrogens with one attached hydrogen (secondary N) is 4. The number of carbonyl (C=O) groups excluding carboxylic acids is 1. The Kier molecular flexibility index (Phi) is 7.57. The number of rotatable bonds is 4. The van der Waals surface area contributed by atoms with Gasteiger partial charge in [0.25, 0.3) is 0 Å². The fourth-order valence-corrected chi connectivity index (χ4v) is 5.50. The molecule has 30 heavy (non-hydrogen) atoms. The van der Waals surface area contributed by atoms with Gasteiger partial charge in [-0.1, -0.05) is 12.8 Å². The van der Waals surface area contributed by atoms with Gasteiger partial charge in [-0.25, -0.2) is 19.2 Å². The van der Waals surface area contributed by atoms with Crippen LogP contribution in [-0.2, 0) is 4.79 Å². The number of aliphatic imine (C=N–C) groups is 1. The summed E-state index contributed by atoms with van der Waals surface area (Å²) in [5, 5.41) is 6.46. The van der Waals surface area contributed by atoms with Crippen molar-refractivity contribution in [1.29, 1.82) is 0 Å². The average Bonchev–Trinajstić information content (AvgIpc) is 3.41. The van der Waals surface area contributed by atoms with Crippen molar-refractivity contribution in [3.63, 3.8) is 0 Å². The van der Waals surface area contributed by atoms with E-state index in [-0.39, 0.29) is 24.0 Å². The first-order valence-electron chi connectivity index (χ1n) is 12.0. The summed E-state index contributed by atoms with van der Waals surface area (Å²) >= 11 is 0. The second-order valence-corrected chi connectivity index (χ2v) is 9.70. The van der Waals surface area contributed by atoms with Crippen molar-refractivity contribution in [2.24, 2.45) is 16.8 Å². The Balaban J connectivity index is 1.35. The number of hydrogen-bond donors (Lipinski definition) is 4. The summed E-state index contributed by atoms with van der Waals surface area (Å²) in [6.45, 7) is 0. The van der Waals surface area contributed by atoms with E-state index in [9.17, 15) is 13.6 Å². The maximum Gasteiger partial charge on any atom is 0.229 e. The lowest BCUT2D eigenvalue weighted by Gasteiger charge is -2.28. The minimum Gasteiger partial charge on any atom is -0.353 e. The van der Waals surface area contributed by atoms with Gasteiger partial charge in [-0.3, -0.25) is 15.5 Å². The molecule has 3 saturated carbocycles. The summed E-state index contributed by atoms with van der Waals surface area (Å²) in [7, 11) is 0. The van der Waals surface area contributed by atoms with Gasteiger partial charge in [0.1, 0.15) is 18.5 Å². The van der Waals surface area contributed by atoms with Gasteiger partial charge < -0.3 is 5.32 Å². The normalized spacial score (nSPS) is 38.5. The maximum absolute atomic E-state index is 13.5. The van der Waals surface area contributed by atoms with Gasteiger partial charge >= 0.3 is 0 Å². The molecule has 1 heterocycles. The van der Waals surface area contributed by atoms with Crippen LogP contribution in [0.2, 0.25) is 0 Å². The predicted molar refractivity (Wildman–Crippen MR) is 113 cm³/mol. The van der Waals surface area contributed by atoms with Crippen LogP contribution in [0.1, 0.15) is 83.5 Å². The average molecular weight is 426 g/mol. The topological polar surface area (TPSA) is 77.5 Å². The molecule has 3 aliphatic carbocycles. The van der Waals surface area contributed by atoms with E-state index < -0.39 is 12.3 Å². The molecule has 8 heteroatoms. The third kappa shape index (κ3) is 5.90. The Morgan fingerprint density at radius 1 is 0.833 bits per heavy atom. The van der Waals surface area contributed by atoms with Crippen LogP contribution in [0.25, 0.3) is 0 Å². The van der Waals surface area contributed by atoms with Crippen LogP contribution in [0, 0.1) is 11.8 Å². The Morgan fingerprint density at radius 3 is 2.13 bits per heavy atom. The Bertz CT molecular complexity index is 596. The molecule has 1 saturated heterocycles. The first kappa shape index (κ1) is 21.9. The molecule has 0 aromatic carbocycles. The van der Waals surface area contributed by atoms with Crippen LogP contribution in [-0.4, -0.2) is 42.5 Å². The van der Waals surface area contributed by atoms with E-state index in [1.807, 2.05) is 0 Å². The number of amides is 1. The Hall–Kier alpha value is -1.28. The smallest absolute Gasteiger partial charge is 0.229 e. The first-order chi connectivity index (χ1) is 14.6. The number of halogens is 2. The second kappa shape index (κ2) is 10.4. The molecule has 4 fully saturated rings. The molecule has 6 nitrogen and oxygen atoms in total. The van der Waals surface area contributed by atoms with E-state index in [1.54, 1.807) is 0 Å². The second-order valence-electron chi connectivity index (χ2n) is 9.70. The molecule has 2 unspecified atom stereocenters. The van der Waals surface area contributed by atoms with E-state index in [0.717, 1.165) is 32.1 Å². The fraction of sp³-hybridized carbons (Fsp3) is 0.909. The van der Waals surface area contributed by atoms with E-state index >= 15 is 0 Å². The monoisotopic (exact) mass is 425 g/mol. The molecule has 0 bridgehead atoms. The minimum absolute atomic E-state index is 0.0464. The molecule has 170 valence electrons. The first-order valence-corrected chi connectivity index (χ1v) is 12.0. The van der Waals surface area contributed by atoms with Gasteiger partial charge in [0.15, 0.2) is 5.96 Å². The zero-order valence-electron chi connectivity index (χ0n) is 17.8. The van der Waals surface area contributed by atoms with Gasteiger partial charge in [0.2, 0.25) is 5.91 Å². The van der Waals surface area contributed by atoms with Gasteiger partial charge in [0, 0.05) is 24.4 Å². The molecule has 0 radical (unpaired) electrons. The number of guanidine groups is 1. The highest BCUT2D eigenvalue weighted by atomic mass is 19.1. The lowest BCUT2D eigenvalue weighted by atomic mass is 9.82. The summed E-state index contributed by atoms with van der Waals surface area (Å²) in [6, 6.07) is 0.630. The summed E-state index contributed by atoms with van der Waals surface area (Å²) in [6.07, 6.45) is 9.16. The number of carbonyl (C=O) groups is 1. The fourth-order valence-electron chi connectivity index (χ4n) is 5.50. The van der Waals surface area contributed by atoms with Gasteiger partial charge in [-0.15, -0.1) is 0 Å². The summed E-state index contributed by atoms with van der Waals surface area (Å²) < 4.78 is 26.9. The third-order valence-electron chi connectivity index (χ3n) is 7.43. The molecule has 0 aromatic heterocycles. The van der Waals surface area contributed by atoms with Gasteiger partial charge in [-0.2, -0.15) is 0 Å². The van der Waals surface area contributed by atoms with Gasteiger partial charge in [-0.05, 0) is 70.1 Å². The van der Waals surface area contributed by atoms with Crippen LogP contribution < -0.4 is 21.5 Å². The molecule has 2 atom stereocenters. The van der Waals surface area contributed by atoms with E-state index in [1.165, 1.54) is 12.8 Å². The van der Waals surface area contributed by atoms with Gasteiger partial charge in [0.05, 0.1) is 0 Å². The van der Waals surface area contributed by atoms with Crippen LogP contribution in [0.3, 0.4) is 0 Å². The van der Waals surface area contributed by atoms with Crippen molar-refractivity contribution in [1.82, 2.24) is 21.5 Å². The molecule has 0 spiro atoms. The number of alkyl halides is 2. The van der Waals surface area contributed by atoms with Crippen molar-refractivity contribution in [3.8, 4) is 0 Å².